The molecular weight excluding hydrogens is 653 g/mol. The molecule has 3 aromatic rings. The van der Waals surface area contributed by atoms with E-state index in [1.165, 1.54) is 44.6 Å². The predicted octanol–water partition coefficient (Wildman–Crippen LogP) is 3.84. The number of hydroxylamine groups is 3. The molecule has 5 rings (SSSR count). The molecule has 2 heterocycles. The molecule has 0 spiro atoms. The van der Waals surface area contributed by atoms with Gasteiger partial charge in [-0.15, -0.1) is 0 Å². The van der Waals surface area contributed by atoms with Crippen molar-refractivity contribution in [3.8, 4) is 11.5 Å². The number of rotatable bonds is 12. The summed E-state index contributed by atoms with van der Waals surface area (Å²) >= 11 is 0. The van der Waals surface area contributed by atoms with Gasteiger partial charge in [-0.1, -0.05) is 16.8 Å². The number of likely N-dealkylation sites (tertiary alicyclic amines) is 1. The number of benzene rings is 3. The summed E-state index contributed by atoms with van der Waals surface area (Å²) in [5, 5.41) is 15.4. The van der Waals surface area contributed by atoms with Crippen molar-refractivity contribution in [2.75, 3.05) is 58.9 Å². The second-order valence-corrected chi connectivity index (χ2v) is 12.1. The van der Waals surface area contributed by atoms with Crippen LogP contribution in [0, 0.1) is 5.82 Å². The fourth-order valence-electron chi connectivity index (χ4n) is 6.12. The summed E-state index contributed by atoms with van der Waals surface area (Å²) in [6.07, 6.45) is 1.60. The summed E-state index contributed by atoms with van der Waals surface area (Å²) in [5.41, 5.74) is 0.391. The molecule has 2 aliphatic rings. The first-order valence-corrected chi connectivity index (χ1v) is 16.3. The van der Waals surface area contributed by atoms with Crippen molar-refractivity contribution in [2.24, 2.45) is 0 Å². The second kappa shape index (κ2) is 16.6. The number of ether oxygens (including phenoxy) is 4. The topological polar surface area (TPSA) is 153 Å². The van der Waals surface area contributed by atoms with Gasteiger partial charge >= 0.3 is 12.1 Å². The average Bonchev–Trinajstić information content (AvgIpc) is 3.58. The highest BCUT2D eigenvalue weighted by atomic mass is 19.1. The van der Waals surface area contributed by atoms with Gasteiger partial charge in [0.05, 0.1) is 17.3 Å². The highest BCUT2D eigenvalue weighted by Crippen LogP contribution is 2.34. The lowest BCUT2D eigenvalue weighted by Crippen LogP contribution is -2.63. The van der Waals surface area contributed by atoms with Gasteiger partial charge in [-0.3, -0.25) is 14.4 Å². The van der Waals surface area contributed by atoms with Gasteiger partial charge in [0.2, 0.25) is 0 Å². The molecule has 0 bridgehead atoms. The summed E-state index contributed by atoms with van der Waals surface area (Å²) in [6, 6.07) is 14.1. The Kier molecular flexibility index (Phi) is 12.0. The van der Waals surface area contributed by atoms with Crippen LogP contribution in [0.15, 0.2) is 60.7 Å². The lowest BCUT2D eigenvalue weighted by atomic mass is 9.99. The minimum absolute atomic E-state index is 0.0112. The Morgan fingerprint density at radius 1 is 0.840 bits per heavy atom. The first-order chi connectivity index (χ1) is 24.2. The van der Waals surface area contributed by atoms with Crippen LogP contribution in [0.4, 0.5) is 14.9 Å². The maximum absolute atomic E-state index is 15.9. The Bertz CT molecular complexity index is 1680. The molecule has 0 aliphatic carbocycles. The second-order valence-electron chi connectivity index (χ2n) is 12.1. The van der Waals surface area contributed by atoms with Crippen LogP contribution in [0.5, 0.6) is 11.5 Å². The standard InChI is InChI=1S/C36H40FN3O10/c1-46-22-48-28-14-12-25(13-15-28)34(42)38-27-7-3-6-20-40(21-27,36(44)45)50-35(43)26-10-8-24(9-11-26)33(41)31-30(49-23-47-2)17-16-29(32(31)37)39-18-4-5-19-39/h8-17,27H,3-7,18-23H2,1-2H3,(H-,38,42,44,45). The van der Waals surface area contributed by atoms with Crippen LogP contribution in [0.1, 0.15) is 68.7 Å². The van der Waals surface area contributed by atoms with Crippen molar-refractivity contribution in [3.63, 3.8) is 0 Å². The number of hydrogen-bond donors (Lipinski definition) is 1. The Morgan fingerprint density at radius 3 is 2.14 bits per heavy atom. The zero-order valence-corrected chi connectivity index (χ0v) is 28.0. The monoisotopic (exact) mass is 693 g/mol. The van der Waals surface area contributed by atoms with E-state index in [9.17, 15) is 24.3 Å². The van der Waals surface area contributed by atoms with Crippen LogP contribution in [0.3, 0.4) is 0 Å². The normalized spacial score (nSPS) is 18.9. The highest BCUT2D eigenvalue weighted by Gasteiger charge is 2.42. The fraction of sp³-hybridized carbons (Fsp3) is 0.389. The molecule has 0 saturated carbocycles. The van der Waals surface area contributed by atoms with Crippen molar-refractivity contribution in [1.82, 2.24) is 5.32 Å². The molecule has 266 valence electrons. The van der Waals surface area contributed by atoms with E-state index in [1.807, 2.05) is 4.90 Å². The third kappa shape index (κ3) is 8.38. The van der Waals surface area contributed by atoms with Crippen LogP contribution in [0.2, 0.25) is 0 Å². The smallest absolute Gasteiger partial charge is 0.398 e. The molecule has 0 radical (unpaired) electrons. The SMILES string of the molecule is COCOc1ccc(C(=O)NC2CCCC[N+](OC(=O)c3ccc(C(=O)c4c(OCOC)ccc(N5CCCC5)c4F)cc3)(C(=O)[O-])C2)cc1. The molecule has 2 saturated heterocycles. The van der Waals surface area contributed by atoms with Crippen LogP contribution in [-0.2, 0) is 14.3 Å². The molecule has 1 N–H and O–H groups in total. The quantitative estimate of drug-likeness (QED) is 0.167. The molecule has 2 atom stereocenters. The van der Waals surface area contributed by atoms with E-state index in [-0.39, 0.29) is 49.1 Å². The number of methoxy groups -OCH3 is 2. The van der Waals surface area contributed by atoms with Crippen LogP contribution < -0.4 is 24.8 Å². The van der Waals surface area contributed by atoms with E-state index in [0.29, 0.717) is 49.4 Å². The van der Waals surface area contributed by atoms with E-state index < -0.39 is 40.3 Å². The van der Waals surface area contributed by atoms with E-state index in [2.05, 4.69) is 5.32 Å². The number of ketones is 1. The van der Waals surface area contributed by atoms with Crippen LogP contribution in [0.25, 0.3) is 0 Å². The number of quaternary nitrogens is 1. The fourth-order valence-corrected chi connectivity index (χ4v) is 6.12. The lowest BCUT2D eigenvalue weighted by molar-refractivity contribution is -1.04. The molecule has 50 heavy (non-hydrogen) atoms. The zero-order chi connectivity index (χ0) is 35.7. The van der Waals surface area contributed by atoms with Crippen molar-refractivity contribution >= 4 is 29.4 Å². The molecular formula is C36H40FN3O10. The molecule has 14 heteroatoms. The van der Waals surface area contributed by atoms with Gasteiger partial charge in [0.15, 0.2) is 25.2 Å². The number of nitrogens with zero attached hydrogens (tertiary/aromatic N) is 2. The van der Waals surface area contributed by atoms with Crippen molar-refractivity contribution in [1.29, 1.82) is 0 Å². The number of amides is 2. The number of hydrogen-bond acceptors (Lipinski definition) is 11. The lowest BCUT2D eigenvalue weighted by Gasteiger charge is -2.34. The largest absolute Gasteiger partial charge is 0.495 e. The zero-order valence-electron chi connectivity index (χ0n) is 28.0. The van der Waals surface area contributed by atoms with Crippen molar-refractivity contribution < 1.29 is 57.1 Å². The summed E-state index contributed by atoms with van der Waals surface area (Å²) in [7, 11) is 2.90. The van der Waals surface area contributed by atoms with Gasteiger partial charge in [-0.25, -0.2) is 9.18 Å². The van der Waals surface area contributed by atoms with Crippen molar-refractivity contribution in [3.05, 3.63) is 88.7 Å². The average molecular weight is 694 g/mol. The minimum Gasteiger partial charge on any atom is -0.495 e. The van der Waals surface area contributed by atoms with Gasteiger partial charge in [0, 0.05) is 44.9 Å². The predicted molar refractivity (Wildman–Crippen MR) is 175 cm³/mol. The van der Waals surface area contributed by atoms with Gasteiger partial charge in [0.1, 0.15) is 30.2 Å². The molecule has 2 unspecified atom stereocenters. The molecule has 13 nitrogen and oxygen atoms in total. The third-order valence-corrected chi connectivity index (χ3v) is 8.70. The summed E-state index contributed by atoms with van der Waals surface area (Å²) in [5.74, 6) is -2.28. The highest BCUT2D eigenvalue weighted by molar-refractivity contribution is 6.11. The molecule has 2 fully saturated rings. The van der Waals surface area contributed by atoms with Gasteiger partial charge in [-0.05, 0) is 74.2 Å². The number of carboxylic acid groups (broad SMARTS) is 1. The van der Waals surface area contributed by atoms with Crippen molar-refractivity contribution in [2.45, 2.75) is 38.1 Å². The first kappa shape index (κ1) is 36.2. The first-order valence-electron chi connectivity index (χ1n) is 16.3. The minimum atomic E-state index is -1.64. The number of carbonyl (C=O) groups is 4. The summed E-state index contributed by atoms with van der Waals surface area (Å²) in [6.45, 7) is 0.850. The van der Waals surface area contributed by atoms with Gasteiger partial charge < -0.3 is 39.1 Å². The maximum atomic E-state index is 15.9. The van der Waals surface area contributed by atoms with Crippen LogP contribution >= 0.6 is 0 Å². The third-order valence-electron chi connectivity index (χ3n) is 8.70. The van der Waals surface area contributed by atoms with Crippen LogP contribution in [-0.4, -0.2) is 88.4 Å². The molecule has 2 amide bonds. The van der Waals surface area contributed by atoms with Gasteiger partial charge in [0.25, 0.3) is 5.91 Å². The van der Waals surface area contributed by atoms with E-state index in [0.717, 1.165) is 12.8 Å². The van der Waals surface area contributed by atoms with E-state index in [1.54, 1.807) is 30.3 Å². The number of halogens is 1. The number of anilines is 1. The maximum Gasteiger partial charge on any atom is 0.398 e. The van der Waals surface area contributed by atoms with E-state index >= 15 is 4.39 Å². The Labute approximate surface area is 289 Å². The summed E-state index contributed by atoms with van der Waals surface area (Å²) < 4.78 is 35.4. The Morgan fingerprint density at radius 2 is 1.48 bits per heavy atom. The number of carbonyl (C=O) groups excluding carboxylic acids is 4. The summed E-state index contributed by atoms with van der Waals surface area (Å²) in [4.78, 5) is 60.0. The van der Waals surface area contributed by atoms with Gasteiger partial charge in [-0.2, -0.15) is 0 Å². The number of nitrogens with one attached hydrogen (secondary N) is 1. The van der Waals surface area contributed by atoms with E-state index in [4.69, 9.17) is 23.8 Å². The molecule has 3 aromatic carbocycles. The Hall–Kier alpha value is -5.05. The molecule has 2 aliphatic heterocycles. The molecule has 0 aromatic heterocycles. The Balaban J connectivity index is 1.30.